The van der Waals surface area contributed by atoms with Crippen LogP contribution in [0.5, 0.6) is 0 Å². The monoisotopic (exact) mass is 374 g/mol. The lowest BCUT2D eigenvalue weighted by Crippen LogP contribution is -2.37. The van der Waals surface area contributed by atoms with Crippen molar-refractivity contribution in [2.24, 2.45) is 0 Å². The normalized spacial score (nSPS) is 16.9. The van der Waals surface area contributed by atoms with Crippen molar-refractivity contribution >= 4 is 23.7 Å². The number of esters is 1. The highest BCUT2D eigenvalue weighted by atomic mass is 16.5. The van der Waals surface area contributed by atoms with Gasteiger partial charge in [0.2, 0.25) is 0 Å². The molecule has 1 N–H and O–H groups in total. The first kappa shape index (κ1) is 19.0. The molecular formula is C19H22N2O6. The van der Waals surface area contributed by atoms with Crippen molar-refractivity contribution in [2.45, 2.75) is 38.3 Å². The molecular weight excluding hydrogens is 352 g/mol. The first-order valence-corrected chi connectivity index (χ1v) is 8.93. The van der Waals surface area contributed by atoms with Crippen molar-refractivity contribution < 1.29 is 28.7 Å². The Bertz CT molecular complexity index is 786. The Hall–Kier alpha value is -2.74. The van der Waals surface area contributed by atoms with Crippen LogP contribution in [0.1, 0.15) is 57.3 Å². The molecule has 27 heavy (non-hydrogen) atoms. The van der Waals surface area contributed by atoms with Crippen molar-refractivity contribution in [3.63, 3.8) is 0 Å². The predicted octanol–water partition coefficient (Wildman–Crippen LogP) is 1.14. The van der Waals surface area contributed by atoms with Crippen LogP contribution in [0.25, 0.3) is 0 Å². The molecule has 1 atom stereocenters. The third kappa shape index (κ3) is 4.16. The van der Waals surface area contributed by atoms with Crippen LogP contribution >= 0.6 is 0 Å². The number of ether oxygens (including phenoxy) is 2. The molecule has 1 aliphatic carbocycles. The van der Waals surface area contributed by atoms with Crippen LogP contribution in [0.15, 0.2) is 18.2 Å². The number of imide groups is 1. The number of amides is 3. The van der Waals surface area contributed by atoms with Crippen LogP contribution < -0.4 is 5.32 Å². The molecule has 0 bridgehead atoms. The maximum Gasteiger partial charge on any atom is 0.338 e. The average Bonchev–Trinajstić information content (AvgIpc) is 3.43. The SMILES string of the molecule is COCCCN1C(=O)c2ccc(C(=O)O[C@@H](C)C(=O)NC3CC3)cc2C1=O. The third-order valence-corrected chi connectivity index (χ3v) is 4.51. The molecule has 144 valence electrons. The van der Waals surface area contributed by atoms with Gasteiger partial charge in [-0.05, 0) is 44.4 Å². The molecule has 1 saturated carbocycles. The van der Waals surface area contributed by atoms with E-state index in [2.05, 4.69) is 5.32 Å². The summed E-state index contributed by atoms with van der Waals surface area (Å²) in [7, 11) is 1.55. The third-order valence-electron chi connectivity index (χ3n) is 4.51. The van der Waals surface area contributed by atoms with Gasteiger partial charge in [0, 0.05) is 26.3 Å². The van der Waals surface area contributed by atoms with Gasteiger partial charge in [-0.2, -0.15) is 0 Å². The Labute approximate surface area is 156 Å². The number of rotatable bonds is 8. The van der Waals surface area contributed by atoms with Gasteiger partial charge in [0.05, 0.1) is 16.7 Å². The second kappa shape index (κ2) is 7.87. The molecule has 3 rings (SSSR count). The van der Waals surface area contributed by atoms with E-state index >= 15 is 0 Å². The summed E-state index contributed by atoms with van der Waals surface area (Å²) in [4.78, 5) is 50.2. The summed E-state index contributed by atoms with van der Waals surface area (Å²) in [6, 6.07) is 4.39. The van der Waals surface area contributed by atoms with E-state index in [4.69, 9.17) is 9.47 Å². The number of benzene rings is 1. The van der Waals surface area contributed by atoms with Crippen LogP contribution in [-0.2, 0) is 14.3 Å². The molecule has 8 heteroatoms. The molecule has 3 amide bonds. The molecule has 0 radical (unpaired) electrons. The molecule has 0 saturated heterocycles. The van der Waals surface area contributed by atoms with Crippen LogP contribution in [0, 0.1) is 0 Å². The van der Waals surface area contributed by atoms with Crippen molar-refractivity contribution in [3.05, 3.63) is 34.9 Å². The fraction of sp³-hybridized carbons (Fsp3) is 0.474. The minimum Gasteiger partial charge on any atom is -0.449 e. The predicted molar refractivity (Wildman–Crippen MR) is 94.3 cm³/mol. The average molecular weight is 374 g/mol. The number of nitrogens with zero attached hydrogens (tertiary/aromatic N) is 1. The van der Waals surface area contributed by atoms with E-state index in [1.165, 1.54) is 25.1 Å². The summed E-state index contributed by atoms with van der Waals surface area (Å²) >= 11 is 0. The summed E-state index contributed by atoms with van der Waals surface area (Å²) in [6.07, 6.45) is 1.47. The van der Waals surface area contributed by atoms with Crippen LogP contribution in [0.4, 0.5) is 0 Å². The fourth-order valence-corrected chi connectivity index (χ4v) is 2.82. The zero-order valence-electron chi connectivity index (χ0n) is 15.3. The Morgan fingerprint density at radius 2 is 1.93 bits per heavy atom. The number of carbonyl (C=O) groups excluding carboxylic acids is 4. The van der Waals surface area contributed by atoms with Crippen LogP contribution in [0.2, 0.25) is 0 Å². The molecule has 8 nitrogen and oxygen atoms in total. The number of methoxy groups -OCH3 is 1. The maximum atomic E-state index is 12.5. The van der Waals surface area contributed by atoms with Crippen LogP contribution in [0.3, 0.4) is 0 Å². The second-order valence-electron chi connectivity index (χ2n) is 6.70. The molecule has 1 aromatic rings. The summed E-state index contributed by atoms with van der Waals surface area (Å²) in [5, 5.41) is 2.76. The number of hydrogen-bond donors (Lipinski definition) is 1. The minimum absolute atomic E-state index is 0.125. The molecule has 0 unspecified atom stereocenters. The smallest absolute Gasteiger partial charge is 0.338 e. The molecule has 1 aliphatic heterocycles. The van der Waals surface area contributed by atoms with Gasteiger partial charge in [0.1, 0.15) is 0 Å². The van der Waals surface area contributed by atoms with Crippen LogP contribution in [-0.4, -0.2) is 61.0 Å². The van der Waals surface area contributed by atoms with Gasteiger partial charge in [0.25, 0.3) is 17.7 Å². The summed E-state index contributed by atoms with van der Waals surface area (Å²) < 4.78 is 10.1. The standard InChI is InChI=1S/C19H22N2O6/c1-11(16(22)20-13-5-6-13)27-19(25)12-4-7-14-15(10-12)18(24)21(17(14)23)8-3-9-26-2/h4,7,10-11,13H,3,5-6,8-9H2,1-2H3,(H,20,22)/t11-/m0/s1. The Morgan fingerprint density at radius 1 is 1.22 bits per heavy atom. The topological polar surface area (TPSA) is 102 Å². The zero-order chi connectivity index (χ0) is 19.6. The molecule has 1 heterocycles. The van der Waals surface area contributed by atoms with E-state index in [0.717, 1.165) is 17.7 Å². The number of nitrogens with one attached hydrogen (secondary N) is 1. The molecule has 0 aromatic heterocycles. The molecule has 1 aromatic carbocycles. The van der Waals surface area contributed by atoms with Gasteiger partial charge >= 0.3 is 5.97 Å². The molecule has 0 spiro atoms. The highest BCUT2D eigenvalue weighted by Crippen LogP contribution is 2.25. The van der Waals surface area contributed by atoms with Gasteiger partial charge in [-0.1, -0.05) is 0 Å². The van der Waals surface area contributed by atoms with E-state index in [-0.39, 0.29) is 41.1 Å². The Kier molecular flexibility index (Phi) is 5.55. The lowest BCUT2D eigenvalue weighted by Gasteiger charge is -2.13. The maximum absolute atomic E-state index is 12.5. The quantitative estimate of drug-likeness (QED) is 0.416. The molecule has 2 aliphatic rings. The van der Waals surface area contributed by atoms with Gasteiger partial charge < -0.3 is 14.8 Å². The summed E-state index contributed by atoms with van der Waals surface area (Å²) in [5.74, 6) is -1.89. The fourth-order valence-electron chi connectivity index (χ4n) is 2.82. The first-order valence-electron chi connectivity index (χ1n) is 8.93. The van der Waals surface area contributed by atoms with E-state index in [1.54, 1.807) is 7.11 Å². The van der Waals surface area contributed by atoms with E-state index < -0.39 is 18.0 Å². The van der Waals surface area contributed by atoms with Gasteiger partial charge in [-0.3, -0.25) is 19.3 Å². The van der Waals surface area contributed by atoms with E-state index in [1.807, 2.05) is 0 Å². The lowest BCUT2D eigenvalue weighted by atomic mass is 10.1. The summed E-state index contributed by atoms with van der Waals surface area (Å²) in [6.45, 7) is 2.18. The Morgan fingerprint density at radius 3 is 2.59 bits per heavy atom. The first-order chi connectivity index (χ1) is 12.9. The van der Waals surface area contributed by atoms with Crippen molar-refractivity contribution in [1.82, 2.24) is 10.2 Å². The lowest BCUT2D eigenvalue weighted by molar-refractivity contribution is -0.129. The number of hydrogen-bond acceptors (Lipinski definition) is 6. The highest BCUT2D eigenvalue weighted by molar-refractivity contribution is 6.22. The van der Waals surface area contributed by atoms with Crippen molar-refractivity contribution in [1.29, 1.82) is 0 Å². The largest absolute Gasteiger partial charge is 0.449 e. The van der Waals surface area contributed by atoms with Gasteiger partial charge in [-0.15, -0.1) is 0 Å². The van der Waals surface area contributed by atoms with Gasteiger partial charge in [-0.25, -0.2) is 4.79 Å². The number of fused-ring (bicyclic) bond motifs is 1. The summed E-state index contributed by atoms with van der Waals surface area (Å²) in [5.41, 5.74) is 0.551. The van der Waals surface area contributed by atoms with E-state index in [0.29, 0.717) is 13.0 Å². The van der Waals surface area contributed by atoms with Crippen molar-refractivity contribution in [2.75, 3.05) is 20.3 Å². The second-order valence-corrected chi connectivity index (χ2v) is 6.70. The number of carbonyl (C=O) groups is 4. The zero-order valence-corrected chi connectivity index (χ0v) is 15.3. The Balaban J connectivity index is 1.67. The minimum atomic E-state index is -0.936. The van der Waals surface area contributed by atoms with E-state index in [9.17, 15) is 19.2 Å². The van der Waals surface area contributed by atoms with Gasteiger partial charge in [0.15, 0.2) is 6.10 Å². The van der Waals surface area contributed by atoms with Crippen molar-refractivity contribution in [3.8, 4) is 0 Å². The molecule has 1 fully saturated rings. The highest BCUT2D eigenvalue weighted by Gasteiger charge is 2.36.